The molecule has 0 saturated heterocycles. The first-order valence-electron chi connectivity index (χ1n) is 3.97. The summed E-state index contributed by atoms with van der Waals surface area (Å²) in [7, 11) is 1.60. The smallest absolute Gasteiger partial charge is 0.127 e. The Bertz CT molecular complexity index is 310. The summed E-state index contributed by atoms with van der Waals surface area (Å²) in [4.78, 5) is 10.6. The van der Waals surface area contributed by atoms with Gasteiger partial charge in [-0.15, -0.1) is 0 Å². The molecule has 13 heavy (non-hydrogen) atoms. The maximum Gasteiger partial charge on any atom is 0.127 e. The lowest BCUT2D eigenvalue weighted by Gasteiger charge is -2.10. The molecule has 0 aliphatic rings. The van der Waals surface area contributed by atoms with Crippen molar-refractivity contribution in [3.8, 4) is 5.75 Å². The van der Waals surface area contributed by atoms with Crippen molar-refractivity contribution >= 4 is 22.2 Å². The van der Waals surface area contributed by atoms with Crippen LogP contribution in [0.3, 0.4) is 0 Å². The third-order valence-electron chi connectivity index (χ3n) is 1.89. The zero-order chi connectivity index (χ0) is 9.84. The number of hydrogen-bond acceptors (Lipinski definition) is 2. The van der Waals surface area contributed by atoms with Crippen molar-refractivity contribution in [2.75, 3.05) is 7.11 Å². The van der Waals surface area contributed by atoms with E-state index in [0.29, 0.717) is 0 Å². The second-order valence-corrected chi connectivity index (χ2v) is 3.73. The van der Waals surface area contributed by atoms with Gasteiger partial charge in [0, 0.05) is 16.0 Å². The summed E-state index contributed by atoms with van der Waals surface area (Å²) in [5.41, 5.74) is 0.917. The van der Waals surface area contributed by atoms with Crippen LogP contribution >= 0.6 is 15.9 Å². The lowest BCUT2D eigenvalue weighted by Crippen LogP contribution is -1.98. The number of carbonyl (C=O) groups is 1. The molecule has 0 radical (unpaired) electrons. The first-order valence-corrected chi connectivity index (χ1v) is 4.77. The molecule has 0 aliphatic heterocycles. The number of ether oxygens (including phenoxy) is 1. The Kier molecular flexibility index (Phi) is 3.48. The van der Waals surface area contributed by atoms with E-state index in [1.165, 1.54) is 0 Å². The molecule has 3 heteroatoms. The summed E-state index contributed by atoms with van der Waals surface area (Å²) in [6.07, 6.45) is 0.908. The van der Waals surface area contributed by atoms with Crippen LogP contribution in [0.5, 0.6) is 5.75 Å². The van der Waals surface area contributed by atoms with Gasteiger partial charge in [-0.25, -0.2) is 0 Å². The van der Waals surface area contributed by atoms with Crippen LogP contribution in [0.2, 0.25) is 0 Å². The Balaban J connectivity index is 3.12. The zero-order valence-electron chi connectivity index (χ0n) is 7.58. The fraction of sp³-hybridized carbons (Fsp3) is 0.300. The highest BCUT2D eigenvalue weighted by Gasteiger charge is 2.10. The molecule has 1 aromatic rings. The van der Waals surface area contributed by atoms with Crippen LogP contribution in [0, 0.1) is 0 Å². The van der Waals surface area contributed by atoms with Crippen LogP contribution in [0.1, 0.15) is 18.4 Å². The van der Waals surface area contributed by atoms with Gasteiger partial charge in [-0.2, -0.15) is 0 Å². The van der Waals surface area contributed by atoms with Gasteiger partial charge in [0.15, 0.2) is 0 Å². The fourth-order valence-electron chi connectivity index (χ4n) is 1.13. The Morgan fingerprint density at radius 3 is 2.77 bits per heavy atom. The van der Waals surface area contributed by atoms with Crippen molar-refractivity contribution in [3.63, 3.8) is 0 Å². The van der Waals surface area contributed by atoms with E-state index >= 15 is 0 Å². The SMILES string of the molecule is COc1cc(Br)ccc1C(C)C=O. The summed E-state index contributed by atoms with van der Waals surface area (Å²) in [6, 6.07) is 5.65. The van der Waals surface area contributed by atoms with Crippen LogP contribution in [-0.4, -0.2) is 13.4 Å². The molecule has 1 unspecified atom stereocenters. The number of benzene rings is 1. The summed E-state index contributed by atoms with van der Waals surface area (Å²) >= 11 is 3.34. The van der Waals surface area contributed by atoms with Crippen LogP contribution in [0.4, 0.5) is 0 Å². The molecule has 1 aromatic carbocycles. The summed E-state index contributed by atoms with van der Waals surface area (Å²) < 4.78 is 6.11. The predicted octanol–water partition coefficient (Wildman–Crippen LogP) is 2.76. The second kappa shape index (κ2) is 4.42. The van der Waals surface area contributed by atoms with Gasteiger partial charge in [0.25, 0.3) is 0 Å². The molecular formula is C10H11BrO2. The number of hydrogen-bond donors (Lipinski definition) is 0. The van der Waals surface area contributed by atoms with E-state index in [4.69, 9.17) is 4.74 Å². The van der Waals surface area contributed by atoms with Gasteiger partial charge in [0.1, 0.15) is 12.0 Å². The second-order valence-electron chi connectivity index (χ2n) is 2.81. The van der Waals surface area contributed by atoms with Gasteiger partial charge >= 0.3 is 0 Å². The summed E-state index contributed by atoms with van der Waals surface area (Å²) in [5.74, 6) is 0.622. The topological polar surface area (TPSA) is 26.3 Å². The Labute approximate surface area is 86.0 Å². The number of rotatable bonds is 3. The molecule has 2 nitrogen and oxygen atoms in total. The van der Waals surface area contributed by atoms with Crippen LogP contribution in [-0.2, 0) is 4.79 Å². The highest BCUT2D eigenvalue weighted by molar-refractivity contribution is 9.10. The van der Waals surface area contributed by atoms with E-state index in [0.717, 1.165) is 22.1 Å². The van der Waals surface area contributed by atoms with E-state index in [2.05, 4.69) is 15.9 Å². The Hall–Kier alpha value is -0.830. The van der Waals surface area contributed by atoms with E-state index in [-0.39, 0.29) is 5.92 Å². The van der Waals surface area contributed by atoms with Crippen molar-refractivity contribution < 1.29 is 9.53 Å². The monoisotopic (exact) mass is 242 g/mol. The van der Waals surface area contributed by atoms with E-state index in [1.807, 2.05) is 25.1 Å². The average Bonchev–Trinajstić information content (AvgIpc) is 2.16. The maximum absolute atomic E-state index is 10.6. The van der Waals surface area contributed by atoms with Crippen molar-refractivity contribution in [2.24, 2.45) is 0 Å². The highest BCUT2D eigenvalue weighted by atomic mass is 79.9. The number of aldehydes is 1. The quantitative estimate of drug-likeness (QED) is 0.763. The van der Waals surface area contributed by atoms with Gasteiger partial charge in [-0.1, -0.05) is 28.9 Å². The van der Waals surface area contributed by atoms with E-state index < -0.39 is 0 Å². The van der Waals surface area contributed by atoms with Gasteiger partial charge in [0.2, 0.25) is 0 Å². The third-order valence-corrected chi connectivity index (χ3v) is 2.38. The van der Waals surface area contributed by atoms with Gasteiger partial charge in [0.05, 0.1) is 7.11 Å². The van der Waals surface area contributed by atoms with E-state index in [1.54, 1.807) is 7.11 Å². The molecule has 0 N–H and O–H groups in total. The van der Waals surface area contributed by atoms with Crippen molar-refractivity contribution in [1.82, 2.24) is 0 Å². The standard InChI is InChI=1S/C10H11BrO2/c1-7(6-12)9-4-3-8(11)5-10(9)13-2/h3-7H,1-2H3. The van der Waals surface area contributed by atoms with E-state index in [9.17, 15) is 4.79 Å². The average molecular weight is 243 g/mol. The molecule has 0 saturated carbocycles. The number of halogens is 1. The molecule has 0 fully saturated rings. The Morgan fingerprint density at radius 1 is 1.54 bits per heavy atom. The van der Waals surface area contributed by atoms with Gasteiger partial charge in [-0.05, 0) is 12.1 Å². The molecule has 1 rings (SSSR count). The minimum atomic E-state index is -0.122. The summed E-state index contributed by atoms with van der Waals surface area (Å²) in [6.45, 7) is 1.85. The number of methoxy groups -OCH3 is 1. The molecule has 0 amide bonds. The van der Waals surface area contributed by atoms with Crippen molar-refractivity contribution in [2.45, 2.75) is 12.8 Å². The highest BCUT2D eigenvalue weighted by Crippen LogP contribution is 2.28. The van der Waals surface area contributed by atoms with Gasteiger partial charge < -0.3 is 9.53 Å². The molecule has 0 spiro atoms. The van der Waals surface area contributed by atoms with Crippen molar-refractivity contribution in [1.29, 1.82) is 0 Å². The largest absolute Gasteiger partial charge is 0.496 e. The molecule has 0 bridgehead atoms. The fourth-order valence-corrected chi connectivity index (χ4v) is 1.47. The van der Waals surface area contributed by atoms with Crippen molar-refractivity contribution in [3.05, 3.63) is 28.2 Å². The minimum Gasteiger partial charge on any atom is -0.496 e. The molecule has 70 valence electrons. The lowest BCUT2D eigenvalue weighted by atomic mass is 10.0. The minimum absolute atomic E-state index is 0.122. The normalized spacial score (nSPS) is 12.2. The molecule has 1 atom stereocenters. The van der Waals surface area contributed by atoms with Crippen LogP contribution in [0.15, 0.2) is 22.7 Å². The molecule has 0 heterocycles. The maximum atomic E-state index is 10.6. The number of carbonyl (C=O) groups excluding carboxylic acids is 1. The predicted molar refractivity (Wildman–Crippen MR) is 55.2 cm³/mol. The molecule has 0 aromatic heterocycles. The third kappa shape index (κ3) is 2.31. The van der Waals surface area contributed by atoms with Crippen LogP contribution < -0.4 is 4.74 Å². The zero-order valence-corrected chi connectivity index (χ0v) is 9.17. The van der Waals surface area contributed by atoms with Gasteiger partial charge in [-0.3, -0.25) is 0 Å². The lowest BCUT2D eigenvalue weighted by molar-refractivity contribution is -0.108. The summed E-state index contributed by atoms with van der Waals surface area (Å²) in [5, 5.41) is 0. The first kappa shape index (κ1) is 10.3. The molecular weight excluding hydrogens is 232 g/mol. The first-order chi connectivity index (χ1) is 6.19. The van der Waals surface area contributed by atoms with Crippen LogP contribution in [0.25, 0.3) is 0 Å². The molecule has 0 aliphatic carbocycles. The Morgan fingerprint density at radius 2 is 2.23 bits per heavy atom.